The van der Waals surface area contributed by atoms with E-state index in [2.05, 4.69) is 5.32 Å². The van der Waals surface area contributed by atoms with E-state index in [0.717, 1.165) is 6.54 Å². The lowest BCUT2D eigenvalue weighted by Crippen LogP contribution is -2.48. The van der Waals surface area contributed by atoms with Gasteiger partial charge in [-0.1, -0.05) is 0 Å². The van der Waals surface area contributed by atoms with E-state index in [0.29, 0.717) is 19.7 Å². The number of fused-ring (bicyclic) bond motifs is 1. The number of rotatable bonds is 1. The van der Waals surface area contributed by atoms with Gasteiger partial charge in [0.05, 0.1) is 19.8 Å². The zero-order chi connectivity index (χ0) is 15.6. The summed E-state index contributed by atoms with van der Waals surface area (Å²) in [6, 6.07) is -0.741. The summed E-state index contributed by atoms with van der Waals surface area (Å²) < 4.78 is 16.0. The van der Waals surface area contributed by atoms with Crippen molar-refractivity contribution in [3.8, 4) is 0 Å². The lowest BCUT2D eigenvalue weighted by molar-refractivity contribution is -0.150. The Kier molecular flexibility index (Phi) is 4.73. The fraction of sp³-hybridized carbons (Fsp3) is 0.857. The van der Waals surface area contributed by atoms with Gasteiger partial charge < -0.3 is 19.5 Å². The molecule has 0 bridgehead atoms. The minimum absolute atomic E-state index is 0.0594. The first kappa shape index (κ1) is 16.0. The van der Waals surface area contributed by atoms with Crippen molar-refractivity contribution >= 4 is 12.1 Å². The van der Waals surface area contributed by atoms with E-state index in [9.17, 15) is 9.59 Å². The lowest BCUT2D eigenvalue weighted by atomic mass is 10.0. The first-order chi connectivity index (χ1) is 9.83. The summed E-state index contributed by atoms with van der Waals surface area (Å²) >= 11 is 0. The van der Waals surface area contributed by atoms with Crippen LogP contribution in [0.1, 0.15) is 20.8 Å². The van der Waals surface area contributed by atoms with E-state index in [-0.39, 0.29) is 12.0 Å². The maximum absolute atomic E-state index is 12.3. The van der Waals surface area contributed by atoms with Crippen LogP contribution in [0.2, 0.25) is 0 Å². The van der Waals surface area contributed by atoms with Crippen LogP contribution < -0.4 is 5.32 Å². The molecule has 0 saturated carbocycles. The predicted molar refractivity (Wildman–Crippen MR) is 74.8 cm³/mol. The van der Waals surface area contributed by atoms with Crippen molar-refractivity contribution in [1.82, 2.24) is 10.2 Å². The Balaban J connectivity index is 2.19. The third-order valence-electron chi connectivity index (χ3n) is 3.61. The van der Waals surface area contributed by atoms with Gasteiger partial charge in [0.25, 0.3) is 0 Å². The number of ether oxygens (including phenoxy) is 3. The van der Waals surface area contributed by atoms with Gasteiger partial charge in [-0.05, 0) is 20.8 Å². The summed E-state index contributed by atoms with van der Waals surface area (Å²) in [5, 5.41) is 3.25. The third kappa shape index (κ3) is 3.65. The summed E-state index contributed by atoms with van der Waals surface area (Å²) in [4.78, 5) is 25.9. The number of hydrogen-bond donors (Lipinski definition) is 1. The summed E-state index contributed by atoms with van der Waals surface area (Å²) in [7, 11) is 1.32. The number of carbonyl (C=O) groups excluding carboxylic acids is 2. The molecule has 2 saturated heterocycles. The summed E-state index contributed by atoms with van der Waals surface area (Å²) in [5.41, 5.74) is -0.610. The molecule has 0 radical (unpaired) electrons. The van der Waals surface area contributed by atoms with Crippen molar-refractivity contribution in [3.63, 3.8) is 0 Å². The molecule has 1 N–H and O–H groups in total. The summed E-state index contributed by atoms with van der Waals surface area (Å²) in [6.45, 7) is 7.77. The van der Waals surface area contributed by atoms with Crippen molar-refractivity contribution in [2.24, 2.45) is 5.92 Å². The second kappa shape index (κ2) is 6.19. The molecule has 1 amide bonds. The van der Waals surface area contributed by atoms with Crippen LogP contribution in [0.25, 0.3) is 0 Å². The largest absolute Gasteiger partial charge is 0.467 e. The van der Waals surface area contributed by atoms with Crippen LogP contribution in [0.4, 0.5) is 4.79 Å². The van der Waals surface area contributed by atoms with Crippen LogP contribution in [0.5, 0.6) is 0 Å². The fourth-order valence-corrected chi connectivity index (χ4v) is 2.76. The van der Waals surface area contributed by atoms with Crippen molar-refractivity contribution in [2.75, 3.05) is 33.4 Å². The van der Waals surface area contributed by atoms with E-state index in [1.54, 1.807) is 20.8 Å². The molecule has 2 aliphatic rings. The Morgan fingerprint density at radius 1 is 1.33 bits per heavy atom. The molecule has 120 valence electrons. The Bertz CT molecular complexity index is 407. The molecule has 21 heavy (non-hydrogen) atoms. The van der Waals surface area contributed by atoms with Gasteiger partial charge in [-0.25, -0.2) is 9.59 Å². The Morgan fingerprint density at radius 3 is 2.67 bits per heavy atom. The van der Waals surface area contributed by atoms with E-state index < -0.39 is 23.7 Å². The number of hydrogen-bond acceptors (Lipinski definition) is 6. The number of methoxy groups -OCH3 is 1. The maximum atomic E-state index is 12.3. The average molecular weight is 300 g/mol. The van der Waals surface area contributed by atoms with Gasteiger partial charge in [-0.15, -0.1) is 0 Å². The maximum Gasteiger partial charge on any atom is 0.411 e. The molecule has 7 heteroatoms. The van der Waals surface area contributed by atoms with E-state index in [1.807, 2.05) is 0 Å². The second-order valence-corrected chi connectivity index (χ2v) is 6.40. The van der Waals surface area contributed by atoms with Crippen LogP contribution in [-0.4, -0.2) is 68.1 Å². The molecule has 0 unspecified atom stereocenters. The molecule has 2 heterocycles. The number of carbonyl (C=O) groups is 2. The summed E-state index contributed by atoms with van der Waals surface area (Å²) in [6.07, 6.45) is -0.852. The van der Waals surface area contributed by atoms with Crippen molar-refractivity contribution < 1.29 is 23.8 Å². The molecule has 0 aromatic rings. The standard InChI is InChI=1S/C14H24N2O5/c1-14(2,3)21-13(18)16-8-9-7-15-5-6-20-11(9)10(16)12(17)19-4/h9-11,15H,5-8H2,1-4H3/t9-,10-,11+/m0/s1. The van der Waals surface area contributed by atoms with Crippen LogP contribution in [0.3, 0.4) is 0 Å². The molecule has 2 fully saturated rings. The Morgan fingerprint density at radius 2 is 2.05 bits per heavy atom. The minimum atomic E-state index is -0.741. The second-order valence-electron chi connectivity index (χ2n) is 6.40. The number of nitrogens with zero attached hydrogens (tertiary/aromatic N) is 1. The van der Waals surface area contributed by atoms with Gasteiger partial charge in [0.2, 0.25) is 0 Å². The number of likely N-dealkylation sites (tertiary alicyclic amines) is 1. The van der Waals surface area contributed by atoms with Gasteiger partial charge in [0.15, 0.2) is 6.04 Å². The predicted octanol–water partition coefficient (Wildman–Crippen LogP) is 0.383. The molecule has 2 aliphatic heterocycles. The normalized spacial score (nSPS) is 29.5. The minimum Gasteiger partial charge on any atom is -0.467 e. The molecule has 7 nitrogen and oxygen atoms in total. The van der Waals surface area contributed by atoms with Crippen LogP contribution in [-0.2, 0) is 19.0 Å². The molecular formula is C14H24N2O5. The van der Waals surface area contributed by atoms with Crippen molar-refractivity contribution in [3.05, 3.63) is 0 Å². The number of amides is 1. The highest BCUT2D eigenvalue weighted by Crippen LogP contribution is 2.29. The molecule has 0 aromatic carbocycles. The fourth-order valence-electron chi connectivity index (χ4n) is 2.76. The number of esters is 1. The third-order valence-corrected chi connectivity index (χ3v) is 3.61. The van der Waals surface area contributed by atoms with E-state index >= 15 is 0 Å². The highest BCUT2D eigenvalue weighted by molar-refractivity contribution is 5.83. The zero-order valence-corrected chi connectivity index (χ0v) is 13.0. The molecule has 2 rings (SSSR count). The molecule has 0 spiro atoms. The molecule has 0 aliphatic carbocycles. The van der Waals surface area contributed by atoms with E-state index in [4.69, 9.17) is 14.2 Å². The van der Waals surface area contributed by atoms with Crippen LogP contribution >= 0.6 is 0 Å². The molecular weight excluding hydrogens is 276 g/mol. The first-order valence-electron chi connectivity index (χ1n) is 7.23. The van der Waals surface area contributed by atoms with E-state index in [1.165, 1.54) is 12.0 Å². The zero-order valence-electron chi connectivity index (χ0n) is 13.0. The van der Waals surface area contributed by atoms with Crippen molar-refractivity contribution in [1.29, 1.82) is 0 Å². The summed E-state index contributed by atoms with van der Waals surface area (Å²) in [5.74, 6) is -0.403. The quantitative estimate of drug-likeness (QED) is 0.706. The van der Waals surface area contributed by atoms with Gasteiger partial charge in [-0.2, -0.15) is 0 Å². The molecule has 0 aromatic heterocycles. The molecule has 3 atom stereocenters. The van der Waals surface area contributed by atoms with Gasteiger partial charge in [0, 0.05) is 25.6 Å². The highest BCUT2D eigenvalue weighted by Gasteiger charge is 2.50. The van der Waals surface area contributed by atoms with Gasteiger partial charge in [-0.3, -0.25) is 4.90 Å². The highest BCUT2D eigenvalue weighted by atomic mass is 16.6. The van der Waals surface area contributed by atoms with Crippen molar-refractivity contribution in [2.45, 2.75) is 38.5 Å². The monoisotopic (exact) mass is 300 g/mol. The van der Waals surface area contributed by atoms with Crippen LogP contribution in [0, 0.1) is 5.92 Å². The first-order valence-corrected chi connectivity index (χ1v) is 7.23. The Hall–Kier alpha value is -1.34. The average Bonchev–Trinajstić information content (AvgIpc) is 2.59. The van der Waals surface area contributed by atoms with Crippen LogP contribution in [0.15, 0.2) is 0 Å². The van der Waals surface area contributed by atoms with Gasteiger partial charge >= 0.3 is 12.1 Å². The topological polar surface area (TPSA) is 77.1 Å². The SMILES string of the molecule is COC(=O)[C@@H]1[C@@H]2OCCNC[C@H]2CN1C(=O)OC(C)(C)C. The smallest absolute Gasteiger partial charge is 0.411 e. The Labute approximate surface area is 124 Å². The van der Waals surface area contributed by atoms with Gasteiger partial charge in [0.1, 0.15) is 5.60 Å². The number of nitrogens with one attached hydrogen (secondary N) is 1. The lowest BCUT2D eigenvalue weighted by Gasteiger charge is -2.28.